The minimum absolute atomic E-state index is 0.114. The van der Waals surface area contributed by atoms with Crippen molar-refractivity contribution in [1.29, 1.82) is 0 Å². The van der Waals surface area contributed by atoms with Crippen molar-refractivity contribution in [2.45, 2.75) is 39.7 Å². The second-order valence-corrected chi connectivity index (χ2v) is 5.84. The molecule has 0 radical (unpaired) electrons. The van der Waals surface area contributed by atoms with E-state index in [0.717, 1.165) is 0 Å². The summed E-state index contributed by atoms with van der Waals surface area (Å²) in [5, 5.41) is 8.37. The molecule has 0 bridgehead atoms. The summed E-state index contributed by atoms with van der Waals surface area (Å²) in [6, 6.07) is -0.125. The minimum atomic E-state index is -3.33. The van der Waals surface area contributed by atoms with E-state index in [1.54, 1.807) is 6.92 Å². The van der Waals surface area contributed by atoms with E-state index in [1.807, 2.05) is 13.8 Å². The third-order valence-corrected chi connectivity index (χ3v) is 3.73. The maximum absolute atomic E-state index is 11.4. The number of nitrogens with one attached hydrogen (secondary N) is 1. The summed E-state index contributed by atoms with van der Waals surface area (Å²) in [7, 11) is -3.33. The first-order valence-electron chi connectivity index (χ1n) is 4.96. The highest BCUT2D eigenvalue weighted by Crippen LogP contribution is 2.03. The van der Waals surface area contributed by atoms with Gasteiger partial charge in [0.2, 0.25) is 10.0 Å². The van der Waals surface area contributed by atoms with Crippen LogP contribution < -0.4 is 4.72 Å². The summed E-state index contributed by atoms with van der Waals surface area (Å²) < 4.78 is 25.4. The van der Waals surface area contributed by atoms with E-state index in [-0.39, 0.29) is 30.6 Å². The van der Waals surface area contributed by atoms with Crippen molar-refractivity contribution < 1.29 is 18.3 Å². The molecule has 0 saturated carbocycles. The molecule has 0 aromatic carbocycles. The Bertz CT molecular complexity index is 297. The molecule has 1 atom stereocenters. The molecule has 2 N–H and O–H groups in total. The first kappa shape index (κ1) is 14.4. The van der Waals surface area contributed by atoms with Crippen LogP contribution in [0.5, 0.6) is 0 Å². The zero-order valence-corrected chi connectivity index (χ0v) is 10.2. The highest BCUT2D eigenvalue weighted by molar-refractivity contribution is 7.89. The van der Waals surface area contributed by atoms with Crippen LogP contribution >= 0.6 is 0 Å². The molecule has 0 aliphatic carbocycles. The molecule has 0 fully saturated rings. The molecule has 0 spiro atoms. The lowest BCUT2D eigenvalue weighted by atomic mass is 10.1. The lowest BCUT2D eigenvalue weighted by Crippen LogP contribution is -2.37. The molecule has 6 heteroatoms. The molecule has 0 saturated heterocycles. The standard InChI is InChI=1S/C9H19NO4S/c1-7(2)8(3)10-15(13,14)6-4-5-9(11)12/h7-8,10H,4-6H2,1-3H3,(H,11,12). The van der Waals surface area contributed by atoms with Gasteiger partial charge in [-0.3, -0.25) is 4.79 Å². The van der Waals surface area contributed by atoms with E-state index < -0.39 is 16.0 Å². The number of rotatable bonds is 7. The van der Waals surface area contributed by atoms with Gasteiger partial charge in [0.1, 0.15) is 0 Å². The van der Waals surface area contributed by atoms with Gasteiger partial charge in [-0.25, -0.2) is 13.1 Å². The second-order valence-electron chi connectivity index (χ2n) is 3.97. The van der Waals surface area contributed by atoms with Gasteiger partial charge in [0.05, 0.1) is 5.75 Å². The van der Waals surface area contributed by atoms with Crippen LogP contribution in [-0.2, 0) is 14.8 Å². The van der Waals surface area contributed by atoms with Gasteiger partial charge in [-0.15, -0.1) is 0 Å². The topological polar surface area (TPSA) is 83.5 Å². The van der Waals surface area contributed by atoms with Crippen molar-refractivity contribution in [3.63, 3.8) is 0 Å². The summed E-state index contributed by atoms with van der Waals surface area (Å²) >= 11 is 0. The fourth-order valence-electron chi connectivity index (χ4n) is 0.892. The first-order valence-corrected chi connectivity index (χ1v) is 6.61. The molecular weight excluding hydrogens is 218 g/mol. The summed E-state index contributed by atoms with van der Waals surface area (Å²) in [5.41, 5.74) is 0. The fourth-order valence-corrected chi connectivity index (χ4v) is 2.37. The third-order valence-electron chi connectivity index (χ3n) is 2.17. The van der Waals surface area contributed by atoms with E-state index in [1.165, 1.54) is 0 Å². The smallest absolute Gasteiger partial charge is 0.303 e. The number of sulfonamides is 1. The lowest BCUT2D eigenvalue weighted by Gasteiger charge is -2.17. The molecule has 90 valence electrons. The van der Waals surface area contributed by atoms with Crippen molar-refractivity contribution in [2.75, 3.05) is 5.75 Å². The van der Waals surface area contributed by atoms with E-state index in [0.29, 0.717) is 0 Å². The Kier molecular flexibility index (Phi) is 5.82. The van der Waals surface area contributed by atoms with Crippen LogP contribution in [0.2, 0.25) is 0 Å². The molecule has 1 unspecified atom stereocenters. The molecule has 0 aliphatic rings. The van der Waals surface area contributed by atoms with Crippen LogP contribution in [0.1, 0.15) is 33.6 Å². The maximum atomic E-state index is 11.4. The van der Waals surface area contributed by atoms with Crippen molar-refractivity contribution in [3.05, 3.63) is 0 Å². The van der Waals surface area contributed by atoms with Gasteiger partial charge in [0, 0.05) is 12.5 Å². The molecule has 0 heterocycles. The van der Waals surface area contributed by atoms with Gasteiger partial charge in [-0.1, -0.05) is 13.8 Å². The van der Waals surface area contributed by atoms with E-state index in [4.69, 9.17) is 5.11 Å². The Hall–Kier alpha value is -0.620. The van der Waals surface area contributed by atoms with Crippen LogP contribution in [-0.4, -0.2) is 31.3 Å². The molecule has 0 aromatic rings. The van der Waals surface area contributed by atoms with Gasteiger partial charge < -0.3 is 5.11 Å². The van der Waals surface area contributed by atoms with Crippen molar-refractivity contribution in [3.8, 4) is 0 Å². The SMILES string of the molecule is CC(C)C(C)NS(=O)(=O)CCCC(=O)O. The maximum Gasteiger partial charge on any atom is 0.303 e. The van der Waals surface area contributed by atoms with Crippen molar-refractivity contribution in [2.24, 2.45) is 5.92 Å². The zero-order chi connectivity index (χ0) is 12.1. The van der Waals surface area contributed by atoms with Gasteiger partial charge in [0.25, 0.3) is 0 Å². The average molecular weight is 237 g/mol. The minimum Gasteiger partial charge on any atom is -0.481 e. The largest absolute Gasteiger partial charge is 0.481 e. The van der Waals surface area contributed by atoms with Gasteiger partial charge in [-0.05, 0) is 19.3 Å². The van der Waals surface area contributed by atoms with E-state index in [9.17, 15) is 13.2 Å². The zero-order valence-electron chi connectivity index (χ0n) is 9.36. The summed E-state index contributed by atoms with van der Waals surface area (Å²) in [6.07, 6.45) is 0.0342. The van der Waals surface area contributed by atoms with Crippen molar-refractivity contribution in [1.82, 2.24) is 4.72 Å². The van der Waals surface area contributed by atoms with Gasteiger partial charge in [-0.2, -0.15) is 0 Å². The van der Waals surface area contributed by atoms with E-state index in [2.05, 4.69) is 4.72 Å². The highest BCUT2D eigenvalue weighted by atomic mass is 32.2. The fraction of sp³-hybridized carbons (Fsp3) is 0.889. The Balaban J connectivity index is 4.03. The number of hydrogen-bond acceptors (Lipinski definition) is 3. The summed E-state index contributed by atoms with van der Waals surface area (Å²) in [4.78, 5) is 10.2. The number of carboxylic acids is 1. The van der Waals surface area contributed by atoms with Crippen LogP contribution in [0.25, 0.3) is 0 Å². The first-order chi connectivity index (χ1) is 6.74. The Morgan fingerprint density at radius 2 is 1.87 bits per heavy atom. The Morgan fingerprint density at radius 1 is 1.33 bits per heavy atom. The predicted molar refractivity (Wildman–Crippen MR) is 58.1 cm³/mol. The molecule has 0 rings (SSSR count). The van der Waals surface area contributed by atoms with Crippen LogP contribution in [0, 0.1) is 5.92 Å². The molecule has 0 aromatic heterocycles. The number of hydrogen-bond donors (Lipinski definition) is 2. The summed E-state index contributed by atoms with van der Waals surface area (Å²) in [5.74, 6) is -0.877. The predicted octanol–water partition coefficient (Wildman–Crippen LogP) is 0.815. The van der Waals surface area contributed by atoms with E-state index >= 15 is 0 Å². The van der Waals surface area contributed by atoms with Crippen LogP contribution in [0.15, 0.2) is 0 Å². The summed E-state index contributed by atoms with van der Waals surface area (Å²) in [6.45, 7) is 5.63. The second kappa shape index (κ2) is 6.07. The lowest BCUT2D eigenvalue weighted by molar-refractivity contribution is -0.137. The van der Waals surface area contributed by atoms with Crippen LogP contribution in [0.4, 0.5) is 0 Å². The Morgan fingerprint density at radius 3 is 2.27 bits per heavy atom. The number of carbonyl (C=O) groups is 1. The average Bonchev–Trinajstić information content (AvgIpc) is 2.01. The molecule has 0 aliphatic heterocycles. The quantitative estimate of drug-likeness (QED) is 0.686. The number of carboxylic acid groups (broad SMARTS) is 1. The highest BCUT2D eigenvalue weighted by Gasteiger charge is 2.16. The normalized spacial score (nSPS) is 14.1. The number of aliphatic carboxylic acids is 1. The van der Waals surface area contributed by atoms with Gasteiger partial charge in [0.15, 0.2) is 0 Å². The molecule has 0 amide bonds. The van der Waals surface area contributed by atoms with Crippen LogP contribution in [0.3, 0.4) is 0 Å². The van der Waals surface area contributed by atoms with Crippen molar-refractivity contribution >= 4 is 16.0 Å². The third kappa shape index (κ3) is 7.33. The molecule has 5 nitrogen and oxygen atoms in total. The molecular formula is C9H19NO4S. The Labute approximate surface area is 90.9 Å². The monoisotopic (exact) mass is 237 g/mol. The van der Waals surface area contributed by atoms with Gasteiger partial charge >= 0.3 is 5.97 Å². The molecule has 15 heavy (non-hydrogen) atoms.